The molecule has 132 valence electrons. The molecule has 4 nitrogen and oxygen atoms in total. The van der Waals surface area contributed by atoms with Crippen molar-refractivity contribution in [3.63, 3.8) is 0 Å². The molecule has 2 N–H and O–H groups in total. The lowest BCUT2D eigenvalue weighted by molar-refractivity contribution is 0.198. The molecule has 1 aromatic heterocycles. The Morgan fingerprint density at radius 2 is 2.04 bits per heavy atom. The van der Waals surface area contributed by atoms with Gasteiger partial charge in [0, 0.05) is 29.2 Å². The summed E-state index contributed by atoms with van der Waals surface area (Å²) >= 11 is 7.80. The van der Waals surface area contributed by atoms with Crippen LogP contribution in [0.4, 0.5) is 10.5 Å². The van der Waals surface area contributed by atoms with E-state index in [1.165, 1.54) is 17.7 Å². The van der Waals surface area contributed by atoms with Crippen molar-refractivity contribution >= 4 is 34.7 Å². The largest absolute Gasteiger partial charge is 0.465 e. The van der Waals surface area contributed by atoms with Crippen molar-refractivity contribution in [3.05, 3.63) is 40.0 Å². The molecule has 3 atom stereocenters. The molecule has 0 radical (unpaired) electrons. The van der Waals surface area contributed by atoms with Crippen LogP contribution in [0.2, 0.25) is 5.02 Å². The van der Waals surface area contributed by atoms with Crippen molar-refractivity contribution in [2.75, 3.05) is 11.4 Å². The first-order valence-corrected chi connectivity index (χ1v) is 10.0. The molecule has 0 spiro atoms. The number of nitrogens with zero attached hydrogens (tertiary/aromatic N) is 1. The van der Waals surface area contributed by atoms with Gasteiger partial charge in [-0.2, -0.15) is 11.3 Å². The lowest BCUT2D eigenvalue weighted by atomic mass is 9.91. The molecule has 25 heavy (non-hydrogen) atoms. The normalized spacial score (nSPS) is 25.1. The Kier molecular flexibility index (Phi) is 4.71. The molecule has 0 saturated carbocycles. The van der Waals surface area contributed by atoms with Crippen molar-refractivity contribution in [1.82, 2.24) is 5.32 Å². The van der Waals surface area contributed by atoms with Crippen molar-refractivity contribution < 1.29 is 9.90 Å². The van der Waals surface area contributed by atoms with E-state index in [4.69, 9.17) is 11.6 Å². The average molecular weight is 377 g/mol. The Balaban J connectivity index is 1.65. The molecule has 3 heterocycles. The van der Waals surface area contributed by atoms with Gasteiger partial charge in [-0.15, -0.1) is 0 Å². The van der Waals surface area contributed by atoms with E-state index in [2.05, 4.69) is 5.32 Å². The van der Waals surface area contributed by atoms with Crippen molar-refractivity contribution in [2.45, 2.75) is 37.8 Å². The minimum atomic E-state index is -0.912. The summed E-state index contributed by atoms with van der Waals surface area (Å²) in [5.74, 6) is 0.393. The third-order valence-electron chi connectivity index (χ3n) is 5.33. The maximum Gasteiger partial charge on any atom is 0.411 e. The van der Waals surface area contributed by atoms with Crippen LogP contribution >= 0.6 is 22.9 Å². The summed E-state index contributed by atoms with van der Waals surface area (Å²) in [6, 6.07) is 8.63. The number of rotatable bonds is 4. The van der Waals surface area contributed by atoms with E-state index in [0.717, 1.165) is 24.0 Å². The summed E-state index contributed by atoms with van der Waals surface area (Å²) < 4.78 is 0. The van der Waals surface area contributed by atoms with E-state index in [1.54, 1.807) is 17.4 Å². The molecule has 0 unspecified atom stereocenters. The maximum absolute atomic E-state index is 12.1. The summed E-state index contributed by atoms with van der Waals surface area (Å²) in [6.07, 6.45) is 3.62. The van der Waals surface area contributed by atoms with E-state index >= 15 is 0 Å². The van der Waals surface area contributed by atoms with Gasteiger partial charge in [-0.05, 0) is 66.1 Å². The highest BCUT2D eigenvalue weighted by Gasteiger charge is 2.35. The number of nitrogens with one attached hydrogen (secondary N) is 1. The number of anilines is 1. The number of halogens is 1. The predicted molar refractivity (Wildman–Crippen MR) is 103 cm³/mol. The number of thiophene rings is 1. The number of carbonyl (C=O) groups is 1. The summed E-state index contributed by atoms with van der Waals surface area (Å²) in [5.41, 5.74) is 2.64. The Hall–Kier alpha value is -1.56. The van der Waals surface area contributed by atoms with Crippen LogP contribution in [-0.2, 0) is 0 Å². The zero-order valence-corrected chi connectivity index (χ0v) is 15.4. The van der Waals surface area contributed by atoms with Gasteiger partial charge in [-0.1, -0.05) is 17.7 Å². The molecule has 2 bridgehead atoms. The van der Waals surface area contributed by atoms with Crippen LogP contribution in [0, 0.1) is 5.92 Å². The Morgan fingerprint density at radius 1 is 1.28 bits per heavy atom. The van der Waals surface area contributed by atoms with Crippen LogP contribution in [0.3, 0.4) is 0 Å². The number of fused-ring (bicyclic) bond motifs is 2. The SMILES string of the molecule is O=C(O)N(C[C@H]1C[C@H]2CC[C@@H](C1)N2)c1cc(Cl)ccc1-c1ccsc1. The lowest BCUT2D eigenvalue weighted by Crippen LogP contribution is -2.43. The zero-order valence-electron chi connectivity index (χ0n) is 13.8. The van der Waals surface area contributed by atoms with E-state index in [1.807, 2.05) is 29.0 Å². The first-order valence-electron chi connectivity index (χ1n) is 8.69. The number of amides is 1. The van der Waals surface area contributed by atoms with Crippen LogP contribution in [0.25, 0.3) is 11.1 Å². The van der Waals surface area contributed by atoms with Gasteiger partial charge in [-0.25, -0.2) is 4.79 Å². The van der Waals surface area contributed by atoms with E-state index in [9.17, 15) is 9.90 Å². The summed E-state index contributed by atoms with van der Waals surface area (Å²) in [7, 11) is 0. The van der Waals surface area contributed by atoms with E-state index < -0.39 is 6.09 Å². The Labute approximate surface area is 156 Å². The van der Waals surface area contributed by atoms with Gasteiger partial charge in [0.05, 0.1) is 5.69 Å². The third kappa shape index (κ3) is 3.54. The van der Waals surface area contributed by atoms with Gasteiger partial charge in [0.25, 0.3) is 0 Å². The second kappa shape index (κ2) is 6.98. The van der Waals surface area contributed by atoms with Crippen LogP contribution in [0.15, 0.2) is 35.0 Å². The first kappa shape index (κ1) is 16.9. The van der Waals surface area contributed by atoms with Gasteiger partial charge in [0.2, 0.25) is 0 Å². The van der Waals surface area contributed by atoms with Crippen LogP contribution in [0.1, 0.15) is 25.7 Å². The fourth-order valence-electron chi connectivity index (χ4n) is 4.25. The maximum atomic E-state index is 12.1. The van der Waals surface area contributed by atoms with Crippen LogP contribution in [-0.4, -0.2) is 29.8 Å². The molecule has 2 saturated heterocycles. The fraction of sp³-hybridized carbons (Fsp3) is 0.421. The standard InChI is InChI=1S/C19H21ClN2O2S/c20-14-1-4-17(13-5-6-25-11-13)18(9-14)22(19(23)24)10-12-7-15-2-3-16(8-12)21-15/h1,4-6,9,11-12,15-16,21H,2-3,7-8,10H2,(H,23,24)/t12-,15+,16-. The third-order valence-corrected chi connectivity index (χ3v) is 6.24. The van der Waals surface area contributed by atoms with Gasteiger partial charge in [0.1, 0.15) is 0 Å². The Morgan fingerprint density at radius 3 is 2.68 bits per heavy atom. The highest BCUT2D eigenvalue weighted by Crippen LogP contribution is 2.37. The number of carboxylic acid groups (broad SMARTS) is 1. The molecule has 2 fully saturated rings. The second-order valence-electron chi connectivity index (χ2n) is 7.04. The topological polar surface area (TPSA) is 52.6 Å². The smallest absolute Gasteiger partial charge is 0.411 e. The number of benzene rings is 1. The summed E-state index contributed by atoms with van der Waals surface area (Å²) in [5, 5.41) is 18.1. The fourth-order valence-corrected chi connectivity index (χ4v) is 5.07. The van der Waals surface area contributed by atoms with Gasteiger partial charge >= 0.3 is 6.09 Å². The average Bonchev–Trinajstić information content (AvgIpc) is 3.22. The van der Waals surface area contributed by atoms with Crippen LogP contribution < -0.4 is 10.2 Å². The van der Waals surface area contributed by atoms with Gasteiger partial charge in [-0.3, -0.25) is 4.90 Å². The van der Waals surface area contributed by atoms with Gasteiger partial charge < -0.3 is 10.4 Å². The molecule has 2 aliphatic rings. The minimum Gasteiger partial charge on any atom is -0.465 e. The van der Waals surface area contributed by atoms with Gasteiger partial charge in [0.15, 0.2) is 0 Å². The molecule has 2 aromatic rings. The molecule has 0 aliphatic carbocycles. The summed E-state index contributed by atoms with van der Waals surface area (Å²) in [4.78, 5) is 13.5. The monoisotopic (exact) mass is 376 g/mol. The van der Waals surface area contributed by atoms with E-state index in [-0.39, 0.29) is 0 Å². The number of piperidine rings is 1. The minimum absolute atomic E-state index is 0.393. The predicted octanol–water partition coefficient (Wildman–Crippen LogP) is 5.08. The van der Waals surface area contributed by atoms with Crippen molar-refractivity contribution in [3.8, 4) is 11.1 Å². The summed E-state index contributed by atoms with van der Waals surface area (Å²) in [6.45, 7) is 0.529. The molecule has 1 aromatic carbocycles. The molecular formula is C19H21ClN2O2S. The molecule has 1 amide bonds. The number of hydrogen-bond acceptors (Lipinski definition) is 3. The van der Waals surface area contributed by atoms with Crippen molar-refractivity contribution in [1.29, 1.82) is 0 Å². The molecule has 6 heteroatoms. The quantitative estimate of drug-likeness (QED) is 0.781. The number of hydrogen-bond donors (Lipinski definition) is 2. The van der Waals surface area contributed by atoms with E-state index in [0.29, 0.717) is 35.3 Å². The Bertz CT molecular complexity index is 753. The molecule has 2 aliphatic heterocycles. The van der Waals surface area contributed by atoms with Crippen molar-refractivity contribution in [2.24, 2.45) is 5.92 Å². The zero-order chi connectivity index (χ0) is 17.4. The first-order chi connectivity index (χ1) is 12.1. The molecular weight excluding hydrogens is 356 g/mol. The van der Waals surface area contributed by atoms with Crippen LogP contribution in [0.5, 0.6) is 0 Å². The second-order valence-corrected chi connectivity index (χ2v) is 8.26. The highest BCUT2D eigenvalue weighted by atomic mass is 35.5. The molecule has 4 rings (SSSR count). The lowest BCUT2D eigenvalue weighted by Gasteiger charge is -2.33. The highest BCUT2D eigenvalue weighted by molar-refractivity contribution is 7.08.